The van der Waals surface area contributed by atoms with Crippen LogP contribution in [0.15, 0.2) is 12.2 Å². The Balaban J connectivity index is 2.55. The minimum atomic E-state index is -2.63. The Morgan fingerprint density at radius 1 is 1.56 bits per heavy atom. The molecule has 0 fully saturated rings. The summed E-state index contributed by atoms with van der Waals surface area (Å²) in [6, 6.07) is 0. The molecule has 1 rings (SSSR count). The summed E-state index contributed by atoms with van der Waals surface area (Å²) in [5.41, 5.74) is 0. The van der Waals surface area contributed by atoms with Crippen LogP contribution in [0.5, 0.6) is 0 Å². The fraction of sp³-hybridized carbons (Fsp3) is 0.833. The number of hydrogen-bond donors (Lipinski definition) is 1. The minimum Gasteiger partial charge on any atom is -0.393 e. The molecule has 0 aromatic rings. The highest BCUT2D eigenvalue weighted by atomic mass is 31.2. The van der Waals surface area contributed by atoms with Crippen molar-refractivity contribution in [3.8, 4) is 0 Å². The van der Waals surface area contributed by atoms with E-state index >= 15 is 0 Å². The van der Waals surface area contributed by atoms with Crippen LogP contribution in [0.4, 0.5) is 0 Å². The van der Waals surface area contributed by atoms with Gasteiger partial charge in [0.15, 0.2) is 0 Å². The molecule has 1 aliphatic carbocycles. The van der Waals surface area contributed by atoms with E-state index in [0.717, 1.165) is 19.3 Å². The largest absolute Gasteiger partial charge is 0.393 e. The van der Waals surface area contributed by atoms with Crippen LogP contribution in [-0.4, -0.2) is 30.1 Å². The van der Waals surface area contributed by atoms with Crippen molar-refractivity contribution < 1.29 is 14.2 Å². The highest BCUT2D eigenvalue weighted by Crippen LogP contribution is 2.50. The van der Waals surface area contributed by atoms with Crippen molar-refractivity contribution in [3.05, 3.63) is 12.2 Å². The van der Waals surface area contributed by atoms with Crippen LogP contribution >= 0.6 is 7.37 Å². The van der Waals surface area contributed by atoms with E-state index in [1.165, 1.54) is 0 Å². The maximum Gasteiger partial charge on any atom is 0.205 e. The molecule has 0 radical (unpaired) electrons. The Kier molecular flexibility index (Phi) is 5.74. The van der Waals surface area contributed by atoms with Gasteiger partial charge in [0.25, 0.3) is 0 Å². The molecule has 0 saturated carbocycles. The summed E-state index contributed by atoms with van der Waals surface area (Å²) >= 11 is 0. The van der Waals surface area contributed by atoms with E-state index in [1.54, 1.807) is 6.92 Å². The summed E-state index contributed by atoms with van der Waals surface area (Å²) in [7, 11) is -2.63. The van der Waals surface area contributed by atoms with Gasteiger partial charge in [-0.1, -0.05) is 12.2 Å². The monoisotopic (exact) mass is 246 g/mol. The van der Waals surface area contributed by atoms with E-state index in [0.29, 0.717) is 24.8 Å². The maximum atomic E-state index is 12.5. The molecule has 3 atom stereocenters. The quantitative estimate of drug-likeness (QED) is 0.578. The molecule has 0 bridgehead atoms. The molecular weight excluding hydrogens is 223 g/mol. The fourth-order valence-corrected chi connectivity index (χ4v) is 4.99. The number of allylic oxidation sites excluding steroid dienone is 2. The van der Waals surface area contributed by atoms with E-state index < -0.39 is 13.5 Å². The Hall–Kier alpha value is -0.110. The van der Waals surface area contributed by atoms with E-state index in [4.69, 9.17) is 4.52 Å². The molecule has 0 heterocycles. The third-order valence-electron chi connectivity index (χ3n) is 2.82. The van der Waals surface area contributed by atoms with Crippen LogP contribution in [0.3, 0.4) is 0 Å². The van der Waals surface area contributed by atoms with Crippen molar-refractivity contribution in [2.24, 2.45) is 5.92 Å². The van der Waals surface area contributed by atoms with Gasteiger partial charge in [0.05, 0.1) is 18.9 Å². The molecule has 2 unspecified atom stereocenters. The summed E-state index contributed by atoms with van der Waals surface area (Å²) in [5.74, 6) is 0.459. The van der Waals surface area contributed by atoms with Gasteiger partial charge in [0, 0.05) is 6.16 Å². The zero-order valence-electron chi connectivity index (χ0n) is 10.3. The Morgan fingerprint density at radius 2 is 2.31 bits per heavy atom. The van der Waals surface area contributed by atoms with E-state index in [2.05, 4.69) is 12.2 Å². The van der Waals surface area contributed by atoms with Crippen molar-refractivity contribution in [1.29, 1.82) is 0 Å². The molecule has 0 aliphatic heterocycles. The Labute approximate surface area is 98.3 Å². The predicted octanol–water partition coefficient (Wildman–Crippen LogP) is 3.04. The molecular formula is C12H23O3P. The molecule has 0 amide bonds. The Bertz CT molecular complexity index is 273. The third kappa shape index (κ3) is 4.82. The zero-order chi connectivity index (χ0) is 12.0. The van der Waals surface area contributed by atoms with Crippen molar-refractivity contribution in [1.82, 2.24) is 0 Å². The van der Waals surface area contributed by atoms with Crippen LogP contribution in [-0.2, 0) is 9.09 Å². The summed E-state index contributed by atoms with van der Waals surface area (Å²) in [5, 5.41) is 9.38. The molecule has 16 heavy (non-hydrogen) atoms. The molecule has 3 nitrogen and oxygen atoms in total. The normalized spacial score (nSPS) is 26.3. The maximum absolute atomic E-state index is 12.5. The van der Waals surface area contributed by atoms with E-state index in [9.17, 15) is 9.67 Å². The second-order valence-electron chi connectivity index (χ2n) is 4.60. The van der Waals surface area contributed by atoms with Gasteiger partial charge in [0.2, 0.25) is 7.37 Å². The van der Waals surface area contributed by atoms with Crippen molar-refractivity contribution in [3.63, 3.8) is 0 Å². The lowest BCUT2D eigenvalue weighted by atomic mass is 9.96. The summed E-state index contributed by atoms with van der Waals surface area (Å²) in [6.45, 7) is 3.99. The third-order valence-corrected chi connectivity index (χ3v) is 5.71. The number of hydrogen-bond acceptors (Lipinski definition) is 3. The van der Waals surface area contributed by atoms with Crippen LogP contribution in [0.1, 0.15) is 33.1 Å². The lowest BCUT2D eigenvalue weighted by molar-refractivity contribution is 0.209. The highest BCUT2D eigenvalue weighted by Gasteiger charge is 2.28. The summed E-state index contributed by atoms with van der Waals surface area (Å²) in [4.78, 5) is 0. The molecule has 1 aliphatic rings. The van der Waals surface area contributed by atoms with Crippen molar-refractivity contribution >= 4 is 7.37 Å². The molecule has 0 spiro atoms. The lowest BCUT2D eigenvalue weighted by Crippen LogP contribution is -2.16. The van der Waals surface area contributed by atoms with Gasteiger partial charge in [-0.05, 0) is 39.0 Å². The molecule has 0 aromatic carbocycles. The standard InChI is InChI=1S/C12H23O3P/c1-3-15-16(14,9-11(2)13)10-12-7-5-4-6-8-12/h4-5,11-13H,3,6-10H2,1-2H3/t11-,12?,16?/m0/s1. The first-order valence-electron chi connectivity index (χ1n) is 6.11. The van der Waals surface area contributed by atoms with Crippen molar-refractivity contribution in [2.75, 3.05) is 18.9 Å². The van der Waals surface area contributed by atoms with E-state index in [1.807, 2.05) is 6.92 Å². The van der Waals surface area contributed by atoms with E-state index in [-0.39, 0.29) is 0 Å². The highest BCUT2D eigenvalue weighted by molar-refractivity contribution is 7.59. The van der Waals surface area contributed by atoms with Gasteiger partial charge in [-0.15, -0.1) is 0 Å². The number of aliphatic hydroxyl groups is 1. The van der Waals surface area contributed by atoms with Gasteiger partial charge in [-0.2, -0.15) is 0 Å². The van der Waals surface area contributed by atoms with Gasteiger partial charge in [-0.3, -0.25) is 4.57 Å². The first-order valence-corrected chi connectivity index (χ1v) is 8.11. The topological polar surface area (TPSA) is 46.5 Å². The average molecular weight is 246 g/mol. The average Bonchev–Trinajstić information content (AvgIpc) is 2.17. The van der Waals surface area contributed by atoms with Crippen LogP contribution in [0.2, 0.25) is 0 Å². The van der Waals surface area contributed by atoms with Gasteiger partial charge >= 0.3 is 0 Å². The van der Waals surface area contributed by atoms with Gasteiger partial charge < -0.3 is 9.63 Å². The van der Waals surface area contributed by atoms with Crippen LogP contribution in [0.25, 0.3) is 0 Å². The summed E-state index contributed by atoms with van der Waals surface area (Å²) in [6.07, 6.45) is 7.87. The lowest BCUT2D eigenvalue weighted by Gasteiger charge is -2.25. The second-order valence-corrected chi connectivity index (χ2v) is 7.21. The van der Waals surface area contributed by atoms with Gasteiger partial charge in [0.1, 0.15) is 0 Å². The number of rotatable bonds is 6. The Morgan fingerprint density at radius 3 is 2.81 bits per heavy atom. The van der Waals surface area contributed by atoms with Crippen LogP contribution < -0.4 is 0 Å². The molecule has 0 saturated heterocycles. The summed E-state index contributed by atoms with van der Waals surface area (Å²) < 4.78 is 17.9. The fourth-order valence-electron chi connectivity index (χ4n) is 2.23. The smallest absolute Gasteiger partial charge is 0.205 e. The second kappa shape index (κ2) is 6.58. The molecule has 1 N–H and O–H groups in total. The van der Waals surface area contributed by atoms with Crippen molar-refractivity contribution in [2.45, 2.75) is 39.2 Å². The number of aliphatic hydroxyl groups excluding tert-OH is 1. The zero-order valence-corrected chi connectivity index (χ0v) is 11.2. The predicted molar refractivity (Wildman–Crippen MR) is 67.1 cm³/mol. The first kappa shape index (κ1) is 14.0. The van der Waals surface area contributed by atoms with Crippen LogP contribution in [0, 0.1) is 5.92 Å². The first-order chi connectivity index (χ1) is 7.56. The molecule has 94 valence electrons. The molecule has 0 aromatic heterocycles. The van der Waals surface area contributed by atoms with Gasteiger partial charge in [-0.25, -0.2) is 0 Å². The SMILES string of the molecule is CCOP(=O)(CC1CC=CCC1)C[C@H](C)O. The molecule has 4 heteroatoms. The minimum absolute atomic E-state index is 0.293.